The number of halogens is 2. The van der Waals surface area contributed by atoms with Crippen LogP contribution < -0.4 is 5.32 Å². The van der Waals surface area contributed by atoms with Gasteiger partial charge in [0.2, 0.25) is 0 Å². The second-order valence-corrected chi connectivity index (χ2v) is 6.84. The Kier molecular flexibility index (Phi) is 3.64. The monoisotopic (exact) mass is 341 g/mol. The molecule has 2 aromatic rings. The molecule has 94 valence electrons. The molecule has 0 fully saturated rings. The molecule has 1 aromatic carbocycles. The largest absolute Gasteiger partial charge is 0.377 e. The minimum Gasteiger partial charge on any atom is -0.377 e. The zero-order chi connectivity index (χ0) is 12.5. The SMILES string of the molecule is Clc1cc(Br)ccc1NC1CCCc2sccc21. The highest BCUT2D eigenvalue weighted by Gasteiger charge is 2.21. The predicted octanol–water partition coefficient (Wildman–Crippen LogP) is 5.65. The van der Waals surface area contributed by atoms with Crippen molar-refractivity contribution in [1.82, 2.24) is 0 Å². The number of nitrogens with one attached hydrogen (secondary N) is 1. The molecular weight excluding hydrogens is 330 g/mol. The molecule has 1 unspecified atom stereocenters. The van der Waals surface area contributed by atoms with Gasteiger partial charge in [-0.15, -0.1) is 11.3 Å². The van der Waals surface area contributed by atoms with E-state index in [9.17, 15) is 0 Å². The number of hydrogen-bond acceptors (Lipinski definition) is 2. The molecule has 1 atom stereocenters. The zero-order valence-electron chi connectivity index (χ0n) is 9.75. The second-order valence-electron chi connectivity index (χ2n) is 4.51. The summed E-state index contributed by atoms with van der Waals surface area (Å²) in [6.07, 6.45) is 3.65. The van der Waals surface area contributed by atoms with E-state index < -0.39 is 0 Å². The fourth-order valence-electron chi connectivity index (χ4n) is 2.43. The smallest absolute Gasteiger partial charge is 0.0648 e. The molecule has 1 heterocycles. The van der Waals surface area contributed by atoms with Crippen LogP contribution in [0.1, 0.15) is 29.3 Å². The molecule has 1 aliphatic rings. The molecule has 0 aliphatic heterocycles. The molecule has 0 bridgehead atoms. The van der Waals surface area contributed by atoms with E-state index in [2.05, 4.69) is 32.7 Å². The van der Waals surface area contributed by atoms with E-state index in [1.807, 2.05) is 29.5 Å². The maximum absolute atomic E-state index is 6.26. The minimum atomic E-state index is 0.402. The van der Waals surface area contributed by atoms with Crippen molar-refractivity contribution >= 4 is 44.6 Å². The van der Waals surface area contributed by atoms with Crippen LogP contribution in [0.4, 0.5) is 5.69 Å². The fraction of sp³-hybridized carbons (Fsp3) is 0.286. The normalized spacial score (nSPS) is 18.4. The van der Waals surface area contributed by atoms with Crippen LogP contribution in [0.3, 0.4) is 0 Å². The number of anilines is 1. The van der Waals surface area contributed by atoms with Crippen molar-refractivity contribution < 1.29 is 0 Å². The topological polar surface area (TPSA) is 12.0 Å². The maximum atomic E-state index is 6.26. The van der Waals surface area contributed by atoms with Gasteiger partial charge in [0, 0.05) is 9.35 Å². The summed E-state index contributed by atoms with van der Waals surface area (Å²) in [6, 6.07) is 8.63. The van der Waals surface area contributed by atoms with Crippen LogP contribution in [0.2, 0.25) is 5.02 Å². The molecule has 0 spiro atoms. The van der Waals surface area contributed by atoms with Crippen LogP contribution in [-0.4, -0.2) is 0 Å². The average molecular weight is 343 g/mol. The van der Waals surface area contributed by atoms with Crippen molar-refractivity contribution in [2.45, 2.75) is 25.3 Å². The van der Waals surface area contributed by atoms with E-state index in [1.165, 1.54) is 29.7 Å². The Balaban J connectivity index is 1.86. The van der Waals surface area contributed by atoms with Crippen LogP contribution in [0.15, 0.2) is 34.1 Å². The van der Waals surface area contributed by atoms with Gasteiger partial charge in [0.1, 0.15) is 0 Å². The summed E-state index contributed by atoms with van der Waals surface area (Å²) in [4.78, 5) is 1.52. The van der Waals surface area contributed by atoms with Crippen molar-refractivity contribution in [3.8, 4) is 0 Å². The first-order valence-corrected chi connectivity index (χ1v) is 8.07. The number of hydrogen-bond donors (Lipinski definition) is 1. The third kappa shape index (κ3) is 2.44. The number of rotatable bonds is 2. The third-order valence-electron chi connectivity index (χ3n) is 3.31. The lowest BCUT2D eigenvalue weighted by molar-refractivity contribution is 0.609. The molecular formula is C14H13BrClNS. The molecule has 4 heteroatoms. The van der Waals surface area contributed by atoms with E-state index >= 15 is 0 Å². The number of thiophene rings is 1. The van der Waals surface area contributed by atoms with Crippen LogP contribution >= 0.6 is 38.9 Å². The molecule has 0 amide bonds. The highest BCUT2D eigenvalue weighted by atomic mass is 79.9. The van der Waals surface area contributed by atoms with Gasteiger partial charge in [0.25, 0.3) is 0 Å². The summed E-state index contributed by atoms with van der Waals surface area (Å²) in [7, 11) is 0. The lowest BCUT2D eigenvalue weighted by atomic mass is 9.94. The summed E-state index contributed by atoms with van der Waals surface area (Å²) < 4.78 is 1.01. The second kappa shape index (κ2) is 5.24. The van der Waals surface area contributed by atoms with E-state index in [4.69, 9.17) is 11.6 Å². The Bertz CT molecular complexity index is 567. The van der Waals surface area contributed by atoms with Gasteiger partial charge in [-0.3, -0.25) is 0 Å². The van der Waals surface area contributed by atoms with Gasteiger partial charge in [-0.2, -0.15) is 0 Å². The van der Waals surface area contributed by atoms with Crippen LogP contribution in [0.5, 0.6) is 0 Å². The van der Waals surface area contributed by atoms with Gasteiger partial charge in [-0.25, -0.2) is 0 Å². The van der Waals surface area contributed by atoms with Gasteiger partial charge in [0.05, 0.1) is 16.8 Å². The molecule has 18 heavy (non-hydrogen) atoms. The highest BCUT2D eigenvalue weighted by Crippen LogP contribution is 2.37. The van der Waals surface area contributed by atoms with Crippen molar-refractivity contribution in [1.29, 1.82) is 0 Å². The number of fused-ring (bicyclic) bond motifs is 1. The van der Waals surface area contributed by atoms with Crippen molar-refractivity contribution in [2.75, 3.05) is 5.32 Å². The molecule has 0 saturated carbocycles. The molecule has 0 radical (unpaired) electrons. The molecule has 1 N–H and O–H groups in total. The summed E-state index contributed by atoms with van der Waals surface area (Å²) in [6.45, 7) is 0. The van der Waals surface area contributed by atoms with Crippen molar-refractivity contribution in [3.63, 3.8) is 0 Å². The standard InChI is InChI=1S/C14H13BrClNS/c15-9-4-5-13(11(16)8-9)17-12-2-1-3-14-10(12)6-7-18-14/h4-8,12,17H,1-3H2. The fourth-order valence-corrected chi connectivity index (χ4v) is 4.15. The molecule has 1 aliphatic carbocycles. The highest BCUT2D eigenvalue weighted by molar-refractivity contribution is 9.10. The Morgan fingerprint density at radius 2 is 2.22 bits per heavy atom. The van der Waals surface area contributed by atoms with Crippen molar-refractivity contribution in [2.24, 2.45) is 0 Å². The van der Waals surface area contributed by atoms with Gasteiger partial charge < -0.3 is 5.32 Å². The first-order valence-electron chi connectivity index (χ1n) is 6.02. The number of aryl methyl sites for hydroxylation is 1. The Hall–Kier alpha value is -0.510. The Morgan fingerprint density at radius 3 is 3.06 bits per heavy atom. The molecule has 1 aromatic heterocycles. The Labute approximate surface area is 124 Å². The van der Waals surface area contributed by atoms with Crippen LogP contribution in [0, 0.1) is 0 Å². The van der Waals surface area contributed by atoms with Crippen molar-refractivity contribution in [3.05, 3.63) is 49.6 Å². The molecule has 1 nitrogen and oxygen atoms in total. The summed E-state index contributed by atoms with van der Waals surface area (Å²) in [5, 5.41) is 6.53. The quantitative estimate of drug-likeness (QED) is 0.743. The van der Waals surface area contributed by atoms with Gasteiger partial charge in [-0.05, 0) is 54.5 Å². The lowest BCUT2D eigenvalue weighted by Crippen LogP contribution is -2.15. The van der Waals surface area contributed by atoms with Gasteiger partial charge in [0.15, 0.2) is 0 Å². The predicted molar refractivity (Wildman–Crippen MR) is 82.8 cm³/mol. The summed E-state index contributed by atoms with van der Waals surface area (Å²) >= 11 is 11.6. The van der Waals surface area contributed by atoms with Crippen LogP contribution in [-0.2, 0) is 6.42 Å². The molecule has 0 saturated heterocycles. The van der Waals surface area contributed by atoms with E-state index in [1.54, 1.807) is 0 Å². The summed E-state index contributed by atoms with van der Waals surface area (Å²) in [5.74, 6) is 0. The molecule has 3 rings (SSSR count). The van der Waals surface area contributed by atoms with Gasteiger partial charge >= 0.3 is 0 Å². The van der Waals surface area contributed by atoms with E-state index in [0.717, 1.165) is 15.2 Å². The van der Waals surface area contributed by atoms with Crippen LogP contribution in [0.25, 0.3) is 0 Å². The van der Waals surface area contributed by atoms with Gasteiger partial charge in [-0.1, -0.05) is 27.5 Å². The first kappa shape index (κ1) is 12.5. The minimum absolute atomic E-state index is 0.402. The summed E-state index contributed by atoms with van der Waals surface area (Å²) in [5.41, 5.74) is 2.47. The lowest BCUT2D eigenvalue weighted by Gasteiger charge is -2.25. The van der Waals surface area contributed by atoms with E-state index in [-0.39, 0.29) is 0 Å². The maximum Gasteiger partial charge on any atom is 0.0648 e. The average Bonchev–Trinajstić information content (AvgIpc) is 2.82. The first-order chi connectivity index (χ1) is 8.74. The number of benzene rings is 1. The zero-order valence-corrected chi connectivity index (χ0v) is 12.9. The van der Waals surface area contributed by atoms with E-state index in [0.29, 0.717) is 6.04 Å². The third-order valence-corrected chi connectivity index (χ3v) is 5.12. The Morgan fingerprint density at radius 1 is 1.33 bits per heavy atom.